The molecule has 1 atom stereocenters. The van der Waals surface area contributed by atoms with Gasteiger partial charge in [-0.2, -0.15) is 0 Å². The molecule has 1 unspecified atom stereocenters. The van der Waals surface area contributed by atoms with Crippen molar-refractivity contribution in [2.75, 3.05) is 5.32 Å². The number of anilines is 1. The number of nitrogens with zero attached hydrogens (tertiary/aromatic N) is 3. The molecule has 1 fully saturated rings. The van der Waals surface area contributed by atoms with Crippen LogP contribution in [-0.2, 0) is 7.05 Å². The molecular formula is C16H22N4. The Hall–Kier alpha value is -1.84. The topological polar surface area (TPSA) is 42.7 Å². The third kappa shape index (κ3) is 2.84. The molecule has 0 spiro atoms. The quantitative estimate of drug-likeness (QED) is 0.904. The van der Waals surface area contributed by atoms with Crippen LogP contribution in [0.2, 0.25) is 0 Å². The highest BCUT2D eigenvalue weighted by molar-refractivity contribution is 5.59. The number of hydrogen-bond donors (Lipinski definition) is 1. The Morgan fingerprint density at radius 2 is 2.05 bits per heavy atom. The fourth-order valence-electron chi connectivity index (χ4n) is 2.83. The molecule has 1 aliphatic rings. The molecule has 0 aliphatic heterocycles. The van der Waals surface area contributed by atoms with Crippen molar-refractivity contribution in [2.45, 2.75) is 38.6 Å². The zero-order chi connectivity index (χ0) is 13.9. The van der Waals surface area contributed by atoms with Crippen LogP contribution < -0.4 is 5.32 Å². The Kier molecular flexibility index (Phi) is 3.72. The first kappa shape index (κ1) is 13.2. The predicted octanol–water partition coefficient (Wildman–Crippen LogP) is 3.47. The van der Waals surface area contributed by atoms with Crippen molar-refractivity contribution >= 4 is 5.69 Å². The average molecular weight is 270 g/mol. The van der Waals surface area contributed by atoms with Gasteiger partial charge in [0.2, 0.25) is 0 Å². The zero-order valence-corrected chi connectivity index (χ0v) is 12.2. The van der Waals surface area contributed by atoms with Gasteiger partial charge < -0.3 is 9.88 Å². The summed E-state index contributed by atoms with van der Waals surface area (Å²) in [5.41, 5.74) is 2.28. The van der Waals surface area contributed by atoms with Gasteiger partial charge in [-0.15, -0.1) is 10.2 Å². The van der Waals surface area contributed by atoms with Gasteiger partial charge in [-0.05, 0) is 43.5 Å². The molecule has 4 heteroatoms. The van der Waals surface area contributed by atoms with E-state index >= 15 is 0 Å². The maximum Gasteiger partial charge on any atom is 0.163 e. The number of aryl methyl sites for hydroxylation is 1. The Morgan fingerprint density at radius 3 is 2.60 bits per heavy atom. The molecule has 1 aromatic heterocycles. The Morgan fingerprint density at radius 1 is 1.30 bits per heavy atom. The van der Waals surface area contributed by atoms with E-state index in [1.165, 1.54) is 31.4 Å². The minimum atomic E-state index is 0.543. The number of hydrogen-bond acceptors (Lipinski definition) is 3. The summed E-state index contributed by atoms with van der Waals surface area (Å²) in [6.45, 7) is 2.27. The van der Waals surface area contributed by atoms with Gasteiger partial charge in [0.25, 0.3) is 0 Å². The van der Waals surface area contributed by atoms with Crippen molar-refractivity contribution in [2.24, 2.45) is 13.0 Å². The van der Waals surface area contributed by atoms with Gasteiger partial charge in [0.15, 0.2) is 5.82 Å². The second-order valence-corrected chi connectivity index (χ2v) is 5.92. The first-order valence-electron chi connectivity index (χ1n) is 7.43. The van der Waals surface area contributed by atoms with Crippen LogP contribution in [0.3, 0.4) is 0 Å². The van der Waals surface area contributed by atoms with Crippen LogP contribution in [0.5, 0.6) is 0 Å². The molecule has 106 valence electrons. The molecule has 0 radical (unpaired) electrons. The Bertz CT molecular complexity index is 554. The van der Waals surface area contributed by atoms with Crippen LogP contribution in [0.1, 0.15) is 32.6 Å². The summed E-state index contributed by atoms with van der Waals surface area (Å²) < 4.78 is 1.93. The van der Waals surface area contributed by atoms with Gasteiger partial charge in [0.05, 0.1) is 0 Å². The SMILES string of the molecule is CC(CC1CCC1)Nc1ccc(-c2nncn2C)cc1. The molecule has 1 aliphatic carbocycles. The highest BCUT2D eigenvalue weighted by atomic mass is 15.2. The third-order valence-corrected chi connectivity index (χ3v) is 4.18. The normalized spacial score (nSPS) is 16.7. The number of aromatic nitrogens is 3. The summed E-state index contributed by atoms with van der Waals surface area (Å²) in [6, 6.07) is 8.99. The van der Waals surface area contributed by atoms with Crippen LogP contribution >= 0.6 is 0 Å². The smallest absolute Gasteiger partial charge is 0.163 e. The minimum Gasteiger partial charge on any atom is -0.383 e. The largest absolute Gasteiger partial charge is 0.383 e. The van der Waals surface area contributed by atoms with Crippen molar-refractivity contribution in [1.29, 1.82) is 0 Å². The number of nitrogens with one attached hydrogen (secondary N) is 1. The first-order chi connectivity index (χ1) is 9.72. The molecule has 0 bridgehead atoms. The van der Waals surface area contributed by atoms with Crippen molar-refractivity contribution in [3.63, 3.8) is 0 Å². The molecule has 1 heterocycles. The van der Waals surface area contributed by atoms with Gasteiger partial charge in [0.1, 0.15) is 6.33 Å². The zero-order valence-electron chi connectivity index (χ0n) is 12.2. The van der Waals surface area contributed by atoms with E-state index in [0.717, 1.165) is 17.3 Å². The molecular weight excluding hydrogens is 248 g/mol. The van der Waals surface area contributed by atoms with Crippen molar-refractivity contribution < 1.29 is 0 Å². The lowest BCUT2D eigenvalue weighted by atomic mass is 9.81. The summed E-state index contributed by atoms with van der Waals surface area (Å²) in [4.78, 5) is 0. The van der Waals surface area contributed by atoms with E-state index in [4.69, 9.17) is 0 Å². The van der Waals surface area contributed by atoms with E-state index < -0.39 is 0 Å². The molecule has 1 aromatic carbocycles. The average Bonchev–Trinajstić information content (AvgIpc) is 2.81. The van der Waals surface area contributed by atoms with Gasteiger partial charge in [0, 0.05) is 24.3 Å². The van der Waals surface area contributed by atoms with E-state index in [2.05, 4.69) is 46.7 Å². The molecule has 4 nitrogen and oxygen atoms in total. The fourth-order valence-corrected chi connectivity index (χ4v) is 2.83. The van der Waals surface area contributed by atoms with Crippen LogP contribution in [-0.4, -0.2) is 20.8 Å². The molecule has 0 saturated heterocycles. The fraction of sp³-hybridized carbons (Fsp3) is 0.500. The lowest BCUT2D eigenvalue weighted by molar-refractivity contribution is 0.286. The Balaban J connectivity index is 1.62. The molecule has 1 N–H and O–H groups in total. The molecule has 3 rings (SSSR count). The second kappa shape index (κ2) is 5.65. The monoisotopic (exact) mass is 270 g/mol. The van der Waals surface area contributed by atoms with Crippen molar-refractivity contribution in [3.8, 4) is 11.4 Å². The summed E-state index contributed by atoms with van der Waals surface area (Å²) in [7, 11) is 1.96. The van der Waals surface area contributed by atoms with Crippen molar-refractivity contribution in [3.05, 3.63) is 30.6 Å². The predicted molar refractivity (Wildman–Crippen MR) is 81.5 cm³/mol. The maximum absolute atomic E-state index is 4.13. The lowest BCUT2D eigenvalue weighted by Crippen LogP contribution is -2.23. The van der Waals surface area contributed by atoms with Gasteiger partial charge in [-0.25, -0.2) is 0 Å². The van der Waals surface area contributed by atoms with Crippen LogP contribution in [0, 0.1) is 5.92 Å². The lowest BCUT2D eigenvalue weighted by Gasteiger charge is -2.28. The second-order valence-electron chi connectivity index (χ2n) is 5.92. The van der Waals surface area contributed by atoms with E-state index in [-0.39, 0.29) is 0 Å². The molecule has 1 saturated carbocycles. The molecule has 0 amide bonds. The standard InChI is InChI=1S/C16H22N4/c1-12(10-13-4-3-5-13)18-15-8-6-14(7-9-15)16-19-17-11-20(16)2/h6-9,11-13,18H,3-5,10H2,1-2H3. The summed E-state index contributed by atoms with van der Waals surface area (Å²) in [5, 5.41) is 11.6. The van der Waals surface area contributed by atoms with E-state index in [1.807, 2.05) is 11.6 Å². The third-order valence-electron chi connectivity index (χ3n) is 4.18. The van der Waals surface area contributed by atoms with Crippen LogP contribution in [0.4, 0.5) is 5.69 Å². The molecule has 2 aromatic rings. The first-order valence-corrected chi connectivity index (χ1v) is 7.43. The summed E-state index contributed by atoms with van der Waals surface area (Å²) in [6.07, 6.45) is 7.26. The highest BCUT2D eigenvalue weighted by Gasteiger charge is 2.19. The molecule has 20 heavy (non-hydrogen) atoms. The van der Waals surface area contributed by atoms with Gasteiger partial charge in [-0.3, -0.25) is 0 Å². The summed E-state index contributed by atoms with van der Waals surface area (Å²) >= 11 is 0. The van der Waals surface area contributed by atoms with Gasteiger partial charge >= 0.3 is 0 Å². The highest BCUT2D eigenvalue weighted by Crippen LogP contribution is 2.31. The number of benzene rings is 1. The number of rotatable bonds is 5. The van der Waals surface area contributed by atoms with Crippen LogP contribution in [0.15, 0.2) is 30.6 Å². The van der Waals surface area contributed by atoms with Gasteiger partial charge in [-0.1, -0.05) is 19.3 Å². The van der Waals surface area contributed by atoms with E-state index in [9.17, 15) is 0 Å². The van der Waals surface area contributed by atoms with Crippen LogP contribution in [0.25, 0.3) is 11.4 Å². The van der Waals surface area contributed by atoms with Crippen molar-refractivity contribution in [1.82, 2.24) is 14.8 Å². The maximum atomic E-state index is 4.13. The summed E-state index contributed by atoms with van der Waals surface area (Å²) in [5.74, 6) is 1.84. The minimum absolute atomic E-state index is 0.543. The van der Waals surface area contributed by atoms with E-state index in [0.29, 0.717) is 6.04 Å². The van der Waals surface area contributed by atoms with E-state index in [1.54, 1.807) is 6.33 Å². The Labute approximate surface area is 120 Å².